The van der Waals surface area contributed by atoms with E-state index < -0.39 is 34.8 Å². The minimum absolute atomic E-state index is 0.0860. The Hall–Kier alpha value is -1.28. The molecule has 0 heterocycles. The Morgan fingerprint density at radius 1 is 0.833 bits per heavy atom. The van der Waals surface area contributed by atoms with Gasteiger partial charge < -0.3 is 10.6 Å². The van der Waals surface area contributed by atoms with Crippen LogP contribution in [0.15, 0.2) is 22.2 Å². The summed E-state index contributed by atoms with van der Waals surface area (Å²) in [4.78, 5) is 23.1. The largest absolute Gasteiger partial charge is 0.351 e. The van der Waals surface area contributed by atoms with Crippen molar-refractivity contribution in [3.8, 4) is 0 Å². The summed E-state index contributed by atoms with van der Waals surface area (Å²) in [6, 6.07) is 0. The molecular formula is C14H18Cl2F4N2O2. The maximum absolute atomic E-state index is 14.2. The zero-order chi connectivity index (χ0) is 19.0. The molecule has 0 aliphatic rings. The summed E-state index contributed by atoms with van der Waals surface area (Å²) in [7, 11) is 0. The first-order valence-corrected chi connectivity index (χ1v) is 7.92. The van der Waals surface area contributed by atoms with E-state index in [1.54, 1.807) is 13.8 Å². The van der Waals surface area contributed by atoms with E-state index in [2.05, 4.69) is 0 Å². The average Bonchev–Trinajstić information content (AvgIpc) is 2.54. The van der Waals surface area contributed by atoms with Gasteiger partial charge in [-0.2, -0.15) is 17.6 Å². The number of carbonyl (C=O) groups is 2. The third-order valence-corrected chi connectivity index (χ3v) is 3.26. The molecule has 4 nitrogen and oxygen atoms in total. The average molecular weight is 393 g/mol. The molecule has 0 aromatic carbocycles. The molecule has 0 atom stereocenters. The zero-order valence-corrected chi connectivity index (χ0v) is 14.6. The van der Waals surface area contributed by atoms with Crippen molar-refractivity contribution in [2.75, 3.05) is 13.1 Å². The van der Waals surface area contributed by atoms with E-state index in [0.717, 1.165) is 0 Å². The van der Waals surface area contributed by atoms with Gasteiger partial charge in [0, 0.05) is 24.2 Å². The van der Waals surface area contributed by atoms with E-state index in [4.69, 9.17) is 23.2 Å². The van der Waals surface area contributed by atoms with E-state index in [9.17, 15) is 27.2 Å². The van der Waals surface area contributed by atoms with Crippen molar-refractivity contribution in [1.29, 1.82) is 0 Å². The fourth-order valence-electron chi connectivity index (χ4n) is 1.54. The van der Waals surface area contributed by atoms with Crippen LogP contribution in [0.25, 0.3) is 0 Å². The van der Waals surface area contributed by atoms with Crippen LogP contribution in [-0.4, -0.2) is 36.7 Å². The lowest BCUT2D eigenvalue weighted by atomic mass is 9.96. The maximum atomic E-state index is 14.2. The van der Waals surface area contributed by atoms with Crippen molar-refractivity contribution < 1.29 is 27.2 Å². The minimum atomic E-state index is -4.40. The molecule has 0 aliphatic heterocycles. The van der Waals surface area contributed by atoms with Crippen LogP contribution in [0.4, 0.5) is 17.6 Å². The van der Waals surface area contributed by atoms with E-state index in [0.29, 0.717) is 12.8 Å². The Morgan fingerprint density at radius 2 is 1.12 bits per heavy atom. The molecule has 0 aromatic rings. The highest BCUT2D eigenvalue weighted by atomic mass is 35.5. The van der Waals surface area contributed by atoms with Crippen LogP contribution in [0, 0.1) is 0 Å². The Balaban J connectivity index is 5.68. The normalized spacial score (nSPS) is 13.7. The van der Waals surface area contributed by atoms with Crippen LogP contribution in [-0.2, 0) is 9.59 Å². The van der Waals surface area contributed by atoms with Crippen LogP contribution in [0.1, 0.15) is 26.7 Å². The lowest BCUT2D eigenvalue weighted by Gasteiger charge is -2.25. The quantitative estimate of drug-likeness (QED) is 0.465. The summed E-state index contributed by atoms with van der Waals surface area (Å²) in [6.07, 6.45) is 0.713. The topological polar surface area (TPSA) is 58.2 Å². The first kappa shape index (κ1) is 22.7. The van der Waals surface area contributed by atoms with Gasteiger partial charge in [0.25, 0.3) is 11.8 Å². The van der Waals surface area contributed by atoms with Crippen LogP contribution in [0.3, 0.4) is 0 Å². The smallest absolute Gasteiger partial charge is 0.351 e. The lowest BCUT2D eigenvalue weighted by molar-refractivity contribution is -0.144. The molecule has 0 bridgehead atoms. The Morgan fingerprint density at radius 3 is 1.33 bits per heavy atom. The van der Waals surface area contributed by atoms with Gasteiger partial charge in [-0.15, -0.1) is 0 Å². The monoisotopic (exact) mass is 392 g/mol. The number of carbonyl (C=O) groups excluding carboxylic acids is 2. The molecule has 2 N–H and O–H groups in total. The van der Waals surface area contributed by atoms with Crippen molar-refractivity contribution in [2.24, 2.45) is 0 Å². The van der Waals surface area contributed by atoms with Crippen molar-refractivity contribution in [3.05, 3.63) is 22.2 Å². The van der Waals surface area contributed by atoms with E-state index in [1.165, 1.54) is 0 Å². The predicted octanol–water partition coefficient (Wildman–Crippen LogP) is 3.55. The summed E-state index contributed by atoms with van der Waals surface area (Å²) in [5.74, 6) is -12.4. The SMILES string of the molecule is CCCNC(=O)C(F)(F)C(=C\Cl)/C(=C/Cl)C(F)(F)C(=O)NCCC. The summed E-state index contributed by atoms with van der Waals surface area (Å²) < 4.78 is 56.6. The molecule has 0 fully saturated rings. The second-order valence-corrected chi connectivity index (χ2v) is 5.14. The van der Waals surface area contributed by atoms with Gasteiger partial charge in [-0.05, 0) is 12.8 Å². The summed E-state index contributed by atoms with van der Waals surface area (Å²) in [5, 5.41) is 3.75. The van der Waals surface area contributed by atoms with Gasteiger partial charge in [-0.25, -0.2) is 0 Å². The molecule has 0 aromatic heterocycles. The van der Waals surface area contributed by atoms with Crippen molar-refractivity contribution in [3.63, 3.8) is 0 Å². The fraction of sp³-hybridized carbons (Fsp3) is 0.571. The van der Waals surface area contributed by atoms with Gasteiger partial charge in [0.05, 0.1) is 11.1 Å². The number of halogens is 6. The van der Waals surface area contributed by atoms with E-state index in [-0.39, 0.29) is 24.2 Å². The van der Waals surface area contributed by atoms with E-state index >= 15 is 0 Å². The highest BCUT2D eigenvalue weighted by Gasteiger charge is 2.53. The first-order valence-electron chi connectivity index (χ1n) is 7.05. The molecule has 138 valence electrons. The minimum Gasteiger partial charge on any atom is -0.351 e. The summed E-state index contributed by atoms with van der Waals surface area (Å²) in [6.45, 7) is 3.06. The van der Waals surface area contributed by atoms with Crippen LogP contribution in [0.5, 0.6) is 0 Å². The van der Waals surface area contributed by atoms with Crippen molar-refractivity contribution >= 4 is 35.0 Å². The molecule has 0 rings (SSSR count). The molecule has 24 heavy (non-hydrogen) atoms. The Bertz CT molecular complexity index is 477. The number of rotatable bonds is 9. The molecule has 10 heteroatoms. The van der Waals surface area contributed by atoms with Gasteiger partial charge in [0.2, 0.25) is 0 Å². The Labute approximate surface area is 147 Å². The third kappa shape index (κ3) is 5.37. The highest BCUT2D eigenvalue weighted by Crippen LogP contribution is 2.39. The molecular weight excluding hydrogens is 375 g/mol. The number of nitrogens with one attached hydrogen (secondary N) is 2. The first-order chi connectivity index (χ1) is 11.1. The number of alkyl halides is 4. The van der Waals surface area contributed by atoms with Crippen LogP contribution >= 0.6 is 23.2 Å². The van der Waals surface area contributed by atoms with Gasteiger partial charge in [-0.3, -0.25) is 9.59 Å². The number of amides is 2. The highest BCUT2D eigenvalue weighted by molar-refractivity contribution is 6.28. The third-order valence-electron chi connectivity index (χ3n) is 2.83. The van der Waals surface area contributed by atoms with Gasteiger partial charge in [0.1, 0.15) is 0 Å². The standard InChI is InChI=1S/C14H18Cl2F4N2O2/c1-3-5-21-11(23)13(17,18)9(7-15)10(8-16)14(19,20)12(24)22-6-4-2/h7-8H,3-6H2,1-2H3,(H,21,23)(H,22,24)/b9-7-,10-8-. The lowest BCUT2D eigenvalue weighted by Crippen LogP contribution is -2.47. The molecule has 0 saturated carbocycles. The van der Waals surface area contributed by atoms with E-state index in [1.807, 2.05) is 10.6 Å². The van der Waals surface area contributed by atoms with Crippen LogP contribution in [0.2, 0.25) is 0 Å². The zero-order valence-electron chi connectivity index (χ0n) is 13.1. The van der Waals surface area contributed by atoms with Gasteiger partial charge >= 0.3 is 11.8 Å². The molecule has 2 amide bonds. The fourth-order valence-corrected chi connectivity index (χ4v) is 2.05. The molecule has 0 saturated heterocycles. The van der Waals surface area contributed by atoms with Crippen molar-refractivity contribution in [2.45, 2.75) is 38.5 Å². The van der Waals surface area contributed by atoms with Crippen molar-refractivity contribution in [1.82, 2.24) is 10.6 Å². The molecule has 0 aliphatic carbocycles. The second kappa shape index (κ2) is 9.88. The van der Waals surface area contributed by atoms with Gasteiger partial charge in [0.15, 0.2) is 0 Å². The molecule has 0 spiro atoms. The summed E-state index contributed by atoms with van der Waals surface area (Å²) in [5.41, 5.74) is -2.88. The van der Waals surface area contributed by atoms with Crippen LogP contribution < -0.4 is 10.6 Å². The second-order valence-electron chi connectivity index (χ2n) is 4.71. The summed E-state index contributed by atoms with van der Waals surface area (Å²) >= 11 is 10.5. The molecule has 0 radical (unpaired) electrons. The molecule has 0 unspecified atom stereocenters. The maximum Gasteiger partial charge on any atom is 0.351 e. The Kier molecular flexibility index (Phi) is 9.35. The number of hydrogen-bond donors (Lipinski definition) is 2. The predicted molar refractivity (Wildman–Crippen MR) is 84.4 cm³/mol. The number of hydrogen-bond acceptors (Lipinski definition) is 2. The van der Waals surface area contributed by atoms with Gasteiger partial charge in [-0.1, -0.05) is 37.0 Å².